The lowest BCUT2D eigenvalue weighted by molar-refractivity contribution is -0.106. The topological polar surface area (TPSA) is 26.3 Å². The van der Waals surface area contributed by atoms with E-state index < -0.39 is 5.83 Å². The van der Waals surface area contributed by atoms with Gasteiger partial charge in [0.2, 0.25) is 0 Å². The smallest absolute Gasteiger partial charge is 0.178 e. The van der Waals surface area contributed by atoms with E-state index in [1.807, 2.05) is 26.8 Å². The SMILES string of the molecule is CCOc1c(/C(=C(/F)C=O)C(C)C)cc2c(c1Br)C(C)(C)CC=C2C(C)C. The van der Waals surface area contributed by atoms with Gasteiger partial charge in [-0.2, -0.15) is 0 Å². The molecule has 2 rings (SSSR count). The molecule has 0 aliphatic heterocycles. The second-order valence-corrected chi connectivity index (χ2v) is 9.15. The predicted molar refractivity (Wildman–Crippen MR) is 115 cm³/mol. The first kappa shape index (κ1) is 21.9. The van der Waals surface area contributed by atoms with E-state index in [-0.39, 0.29) is 11.3 Å². The first-order valence-corrected chi connectivity index (χ1v) is 10.4. The lowest BCUT2D eigenvalue weighted by atomic mass is 9.70. The Morgan fingerprint density at radius 1 is 1.33 bits per heavy atom. The molecule has 0 saturated heterocycles. The Kier molecular flexibility index (Phi) is 6.72. The number of aldehydes is 1. The standard InChI is InChI=1S/C23H30BrFO2/c1-8-27-22-17(19(14(4)5)18(25)12-26)11-16-15(13(2)3)9-10-23(6,7)20(16)21(22)24/h9,11-14H,8,10H2,1-7H3/b19-18+. The molecule has 1 aromatic rings. The molecule has 0 aromatic heterocycles. The van der Waals surface area contributed by atoms with Crippen LogP contribution in [0, 0.1) is 11.8 Å². The number of ether oxygens (including phenoxy) is 1. The maximum Gasteiger partial charge on any atom is 0.178 e. The van der Waals surface area contributed by atoms with Crippen LogP contribution >= 0.6 is 15.9 Å². The van der Waals surface area contributed by atoms with Gasteiger partial charge in [-0.05, 0) is 69.3 Å². The Labute approximate surface area is 171 Å². The van der Waals surface area contributed by atoms with Gasteiger partial charge >= 0.3 is 0 Å². The lowest BCUT2D eigenvalue weighted by Gasteiger charge is -2.36. The van der Waals surface area contributed by atoms with Crippen LogP contribution in [0.3, 0.4) is 0 Å². The van der Waals surface area contributed by atoms with Crippen molar-refractivity contribution < 1.29 is 13.9 Å². The molecule has 0 N–H and O–H groups in total. The third-order valence-electron chi connectivity index (χ3n) is 5.18. The summed E-state index contributed by atoms with van der Waals surface area (Å²) < 4.78 is 21.4. The molecule has 0 atom stereocenters. The van der Waals surface area contributed by atoms with Gasteiger partial charge in [0.15, 0.2) is 12.1 Å². The number of halogens is 2. The molecule has 2 nitrogen and oxygen atoms in total. The van der Waals surface area contributed by atoms with Crippen LogP contribution < -0.4 is 4.74 Å². The molecule has 0 amide bonds. The van der Waals surface area contributed by atoms with Crippen molar-refractivity contribution in [3.8, 4) is 5.75 Å². The zero-order valence-corrected chi connectivity index (χ0v) is 19.0. The maximum atomic E-state index is 14.6. The minimum atomic E-state index is -0.733. The molecule has 4 heteroatoms. The molecule has 0 saturated carbocycles. The molecule has 148 valence electrons. The monoisotopic (exact) mass is 436 g/mol. The molecule has 0 fully saturated rings. The highest BCUT2D eigenvalue weighted by atomic mass is 79.9. The quantitative estimate of drug-likeness (QED) is 0.350. The van der Waals surface area contributed by atoms with Crippen molar-refractivity contribution in [2.24, 2.45) is 11.8 Å². The van der Waals surface area contributed by atoms with E-state index in [9.17, 15) is 9.18 Å². The van der Waals surface area contributed by atoms with Crippen molar-refractivity contribution in [1.82, 2.24) is 0 Å². The van der Waals surface area contributed by atoms with Gasteiger partial charge in [0.1, 0.15) is 5.75 Å². The van der Waals surface area contributed by atoms with E-state index in [0.29, 0.717) is 35.7 Å². The lowest BCUT2D eigenvalue weighted by Crippen LogP contribution is -2.24. The summed E-state index contributed by atoms with van der Waals surface area (Å²) in [4.78, 5) is 11.2. The Morgan fingerprint density at radius 2 is 1.96 bits per heavy atom. The van der Waals surface area contributed by atoms with Gasteiger partial charge in [-0.1, -0.05) is 47.6 Å². The van der Waals surface area contributed by atoms with Gasteiger partial charge in [-0.3, -0.25) is 4.79 Å². The molecule has 1 aromatic carbocycles. The molecule has 27 heavy (non-hydrogen) atoms. The van der Waals surface area contributed by atoms with Crippen molar-refractivity contribution in [2.45, 2.75) is 60.3 Å². The van der Waals surface area contributed by atoms with Crippen LogP contribution in [0.5, 0.6) is 5.75 Å². The maximum absolute atomic E-state index is 14.6. The van der Waals surface area contributed by atoms with Crippen LogP contribution in [0.15, 0.2) is 22.4 Å². The Bertz CT molecular complexity index is 801. The van der Waals surface area contributed by atoms with Gasteiger partial charge < -0.3 is 4.74 Å². The number of carbonyl (C=O) groups is 1. The number of allylic oxidation sites excluding steroid dienone is 4. The van der Waals surface area contributed by atoms with Crippen molar-refractivity contribution >= 4 is 33.4 Å². The van der Waals surface area contributed by atoms with Crippen molar-refractivity contribution in [2.75, 3.05) is 6.61 Å². The van der Waals surface area contributed by atoms with E-state index >= 15 is 0 Å². The summed E-state index contributed by atoms with van der Waals surface area (Å²) in [5.41, 5.74) is 4.54. The van der Waals surface area contributed by atoms with Gasteiger partial charge in [-0.15, -0.1) is 0 Å². The minimum Gasteiger partial charge on any atom is -0.492 e. The fourth-order valence-corrected chi connectivity index (χ4v) is 4.99. The molecule has 0 bridgehead atoms. The first-order valence-electron chi connectivity index (χ1n) is 9.62. The summed E-state index contributed by atoms with van der Waals surface area (Å²) in [6.07, 6.45) is 3.52. The minimum absolute atomic E-state index is 0.0676. The highest BCUT2D eigenvalue weighted by molar-refractivity contribution is 9.10. The Morgan fingerprint density at radius 3 is 2.44 bits per heavy atom. The highest BCUT2D eigenvalue weighted by Gasteiger charge is 2.35. The first-order chi connectivity index (χ1) is 12.6. The van der Waals surface area contributed by atoms with Crippen molar-refractivity contribution in [3.63, 3.8) is 0 Å². The second-order valence-electron chi connectivity index (χ2n) is 8.36. The van der Waals surface area contributed by atoms with Crippen LogP contribution in [0.2, 0.25) is 0 Å². The van der Waals surface area contributed by atoms with E-state index in [4.69, 9.17) is 4.74 Å². The average Bonchev–Trinajstić information content (AvgIpc) is 2.56. The number of fused-ring (bicyclic) bond motifs is 1. The summed E-state index contributed by atoms with van der Waals surface area (Å²) in [6, 6.07) is 2.02. The van der Waals surface area contributed by atoms with Crippen molar-refractivity contribution in [1.29, 1.82) is 0 Å². The fourth-order valence-electron chi connectivity index (χ4n) is 3.91. The average molecular weight is 437 g/mol. The normalized spacial score (nSPS) is 16.8. The van der Waals surface area contributed by atoms with Gasteiger partial charge in [-0.25, -0.2) is 4.39 Å². The molecular formula is C23H30BrFO2. The number of carbonyl (C=O) groups excluding carboxylic acids is 1. The van der Waals surface area contributed by atoms with Crippen LogP contribution in [-0.2, 0) is 10.2 Å². The molecule has 0 radical (unpaired) electrons. The molecule has 1 aliphatic rings. The van der Waals surface area contributed by atoms with Gasteiger partial charge in [0, 0.05) is 11.1 Å². The summed E-state index contributed by atoms with van der Waals surface area (Å²) >= 11 is 3.77. The van der Waals surface area contributed by atoms with Gasteiger partial charge in [0.25, 0.3) is 0 Å². The zero-order chi connectivity index (χ0) is 20.5. The van der Waals surface area contributed by atoms with Crippen molar-refractivity contribution in [3.05, 3.63) is 39.1 Å². The fraction of sp³-hybridized carbons (Fsp3) is 0.522. The number of benzene rings is 1. The summed E-state index contributed by atoms with van der Waals surface area (Å²) in [5, 5.41) is 0. The summed E-state index contributed by atoms with van der Waals surface area (Å²) in [5.74, 6) is 0.0837. The van der Waals surface area contributed by atoms with E-state index in [1.165, 1.54) is 11.1 Å². The summed E-state index contributed by atoms with van der Waals surface area (Å²) in [6.45, 7) is 14.9. The van der Waals surface area contributed by atoms with Crippen LogP contribution in [0.1, 0.15) is 71.6 Å². The Balaban J connectivity index is 2.96. The number of hydrogen-bond acceptors (Lipinski definition) is 2. The largest absolute Gasteiger partial charge is 0.492 e. The molecule has 0 heterocycles. The molecule has 0 unspecified atom stereocenters. The second kappa shape index (κ2) is 8.30. The number of hydrogen-bond donors (Lipinski definition) is 0. The van der Waals surface area contributed by atoms with Crippen LogP contribution in [0.25, 0.3) is 11.1 Å². The predicted octanol–water partition coefficient (Wildman–Crippen LogP) is 7.10. The number of rotatable bonds is 6. The molecule has 0 spiro atoms. The zero-order valence-electron chi connectivity index (χ0n) is 17.4. The highest BCUT2D eigenvalue weighted by Crippen LogP contribution is 2.51. The van der Waals surface area contributed by atoms with E-state index in [2.05, 4.69) is 49.7 Å². The van der Waals surface area contributed by atoms with E-state index in [0.717, 1.165) is 16.5 Å². The van der Waals surface area contributed by atoms with Crippen LogP contribution in [0.4, 0.5) is 4.39 Å². The molecule has 1 aliphatic carbocycles. The Hall–Kier alpha value is -1.42. The van der Waals surface area contributed by atoms with E-state index in [1.54, 1.807) is 0 Å². The van der Waals surface area contributed by atoms with Gasteiger partial charge in [0.05, 0.1) is 11.1 Å². The molecular weight excluding hydrogens is 407 g/mol. The third-order valence-corrected chi connectivity index (χ3v) is 5.94. The summed E-state index contributed by atoms with van der Waals surface area (Å²) in [7, 11) is 0. The van der Waals surface area contributed by atoms with Crippen LogP contribution in [-0.4, -0.2) is 12.9 Å². The third kappa shape index (κ3) is 4.06.